The number of ether oxygens (including phenoxy) is 1. The maximum absolute atomic E-state index is 12.6. The van der Waals surface area contributed by atoms with Crippen molar-refractivity contribution in [3.8, 4) is 0 Å². The summed E-state index contributed by atoms with van der Waals surface area (Å²) >= 11 is 1.76. The lowest BCUT2D eigenvalue weighted by atomic mass is 9.95. The smallest absolute Gasteiger partial charge is 0.338 e. The van der Waals surface area contributed by atoms with Crippen LogP contribution < -0.4 is 10.6 Å². The number of carbonyl (C=O) groups excluding carboxylic acids is 2. The van der Waals surface area contributed by atoms with Crippen LogP contribution in [0.3, 0.4) is 0 Å². The highest BCUT2D eigenvalue weighted by molar-refractivity contribution is 7.98. The van der Waals surface area contributed by atoms with E-state index in [1.165, 1.54) is 0 Å². The number of thioether (sulfide) groups is 1. The third-order valence-electron chi connectivity index (χ3n) is 3.89. The molecular weight excluding hydrogens is 338 g/mol. The second kappa shape index (κ2) is 9.48. The minimum atomic E-state index is -0.516. The van der Waals surface area contributed by atoms with Crippen LogP contribution in [0.25, 0.3) is 0 Å². The number of hydrogen-bond acceptors (Lipinski definition) is 5. The zero-order chi connectivity index (χ0) is 18.2. The normalized spacial score (nSPS) is 17.3. The number of amides is 2. The molecule has 1 heterocycles. The maximum atomic E-state index is 12.6. The Morgan fingerprint density at radius 1 is 1.32 bits per heavy atom. The first kappa shape index (κ1) is 19.3. The molecule has 1 unspecified atom stereocenters. The van der Waals surface area contributed by atoms with Crippen LogP contribution in [0, 0.1) is 0 Å². The predicted octanol–water partition coefficient (Wildman–Crippen LogP) is 2.15. The third kappa shape index (κ3) is 5.24. The summed E-state index contributed by atoms with van der Waals surface area (Å²) in [5.41, 5.74) is 1.91. The maximum Gasteiger partial charge on any atom is 0.338 e. The molecule has 1 atom stereocenters. The van der Waals surface area contributed by atoms with Gasteiger partial charge in [0.15, 0.2) is 0 Å². The van der Waals surface area contributed by atoms with Gasteiger partial charge in [0.25, 0.3) is 0 Å². The van der Waals surface area contributed by atoms with Crippen molar-refractivity contribution in [3.05, 3.63) is 47.2 Å². The fraction of sp³-hybridized carbons (Fsp3) is 0.444. The molecule has 7 heteroatoms. The summed E-state index contributed by atoms with van der Waals surface area (Å²) in [4.78, 5) is 26.8. The van der Waals surface area contributed by atoms with Crippen molar-refractivity contribution in [1.29, 1.82) is 0 Å². The van der Waals surface area contributed by atoms with E-state index < -0.39 is 12.0 Å². The average Bonchev–Trinajstić information content (AvgIpc) is 2.60. The molecule has 25 heavy (non-hydrogen) atoms. The number of urea groups is 1. The molecule has 2 N–H and O–H groups in total. The van der Waals surface area contributed by atoms with Crippen molar-refractivity contribution in [2.45, 2.75) is 13.0 Å². The molecule has 136 valence electrons. The molecule has 6 nitrogen and oxygen atoms in total. The Balaban J connectivity index is 2.38. The van der Waals surface area contributed by atoms with Crippen LogP contribution in [-0.4, -0.2) is 55.7 Å². The Kier molecular flexibility index (Phi) is 7.33. The molecule has 0 aliphatic carbocycles. The van der Waals surface area contributed by atoms with Crippen LogP contribution in [0.15, 0.2) is 41.6 Å². The van der Waals surface area contributed by atoms with Crippen molar-refractivity contribution >= 4 is 23.8 Å². The highest BCUT2D eigenvalue weighted by Gasteiger charge is 2.33. The lowest BCUT2D eigenvalue weighted by Gasteiger charge is -2.31. The standard InChI is InChI=1S/C18H25N3O3S/c1-4-24-17(22)15-14(12-21(2)10-11-25-3)19-18(23)20-16(15)13-8-6-5-7-9-13/h5-9,16H,4,10-12H2,1-3H3,(H2,19,20,23). The van der Waals surface area contributed by atoms with Crippen LogP contribution in [0.5, 0.6) is 0 Å². The van der Waals surface area contributed by atoms with Gasteiger partial charge in [-0.25, -0.2) is 9.59 Å². The van der Waals surface area contributed by atoms with Crippen molar-refractivity contribution in [2.24, 2.45) is 0 Å². The minimum Gasteiger partial charge on any atom is -0.463 e. The summed E-state index contributed by atoms with van der Waals surface area (Å²) in [6.45, 7) is 3.40. The van der Waals surface area contributed by atoms with Gasteiger partial charge >= 0.3 is 12.0 Å². The van der Waals surface area contributed by atoms with E-state index in [0.29, 0.717) is 17.8 Å². The molecule has 2 amide bonds. The SMILES string of the molecule is CCOC(=O)C1=C(CN(C)CCSC)NC(=O)NC1c1ccccc1. The van der Waals surface area contributed by atoms with E-state index in [1.54, 1.807) is 18.7 Å². The van der Waals surface area contributed by atoms with Gasteiger partial charge in [-0.2, -0.15) is 11.8 Å². The van der Waals surface area contributed by atoms with E-state index in [4.69, 9.17) is 4.74 Å². The molecule has 0 fully saturated rings. The number of benzene rings is 1. The van der Waals surface area contributed by atoms with E-state index in [2.05, 4.69) is 21.8 Å². The van der Waals surface area contributed by atoms with Crippen LogP contribution >= 0.6 is 11.8 Å². The van der Waals surface area contributed by atoms with Gasteiger partial charge in [-0.05, 0) is 25.8 Å². The number of rotatable bonds is 8. The quantitative estimate of drug-likeness (QED) is 0.693. The first-order valence-corrected chi connectivity index (χ1v) is 9.66. The van der Waals surface area contributed by atoms with E-state index in [0.717, 1.165) is 17.9 Å². The van der Waals surface area contributed by atoms with E-state index >= 15 is 0 Å². The second-order valence-corrected chi connectivity index (χ2v) is 6.77. The molecule has 1 aromatic rings. The number of nitrogens with zero attached hydrogens (tertiary/aromatic N) is 1. The zero-order valence-electron chi connectivity index (χ0n) is 14.9. The van der Waals surface area contributed by atoms with Gasteiger partial charge in [0, 0.05) is 24.5 Å². The van der Waals surface area contributed by atoms with E-state index in [-0.39, 0.29) is 12.6 Å². The molecule has 0 bridgehead atoms. The predicted molar refractivity (Wildman–Crippen MR) is 100 cm³/mol. The lowest BCUT2D eigenvalue weighted by molar-refractivity contribution is -0.139. The largest absolute Gasteiger partial charge is 0.463 e. The second-order valence-electron chi connectivity index (χ2n) is 5.79. The topological polar surface area (TPSA) is 70.7 Å². The molecule has 1 aliphatic heterocycles. The number of esters is 1. The van der Waals surface area contributed by atoms with Gasteiger partial charge in [0.1, 0.15) is 0 Å². The van der Waals surface area contributed by atoms with Crippen LogP contribution in [0.2, 0.25) is 0 Å². The van der Waals surface area contributed by atoms with Gasteiger partial charge in [0.05, 0.1) is 18.2 Å². The zero-order valence-corrected chi connectivity index (χ0v) is 15.7. The number of likely N-dealkylation sites (N-methyl/N-ethyl adjacent to an activating group) is 1. The Morgan fingerprint density at radius 2 is 2.04 bits per heavy atom. The highest BCUT2D eigenvalue weighted by Crippen LogP contribution is 2.27. The van der Waals surface area contributed by atoms with Gasteiger partial charge in [0.2, 0.25) is 0 Å². The summed E-state index contributed by atoms with van der Waals surface area (Å²) < 4.78 is 5.25. The van der Waals surface area contributed by atoms with Crippen molar-refractivity contribution in [2.75, 3.05) is 38.8 Å². The molecule has 1 aromatic carbocycles. The first-order chi connectivity index (χ1) is 12.1. The summed E-state index contributed by atoms with van der Waals surface area (Å²) in [6.07, 6.45) is 2.05. The lowest BCUT2D eigenvalue weighted by Crippen LogP contribution is -2.48. The fourth-order valence-corrected chi connectivity index (χ4v) is 3.18. The fourth-order valence-electron chi connectivity index (χ4n) is 2.68. The van der Waals surface area contributed by atoms with E-state index in [9.17, 15) is 9.59 Å². The Bertz CT molecular complexity index is 634. The Labute approximate surface area is 153 Å². The molecule has 0 saturated heterocycles. The molecule has 0 spiro atoms. The molecule has 1 aliphatic rings. The summed E-state index contributed by atoms with van der Waals surface area (Å²) in [5.74, 6) is 0.574. The number of nitrogens with one attached hydrogen (secondary N) is 2. The monoisotopic (exact) mass is 363 g/mol. The molecule has 0 radical (unpaired) electrons. The minimum absolute atomic E-state index is 0.285. The van der Waals surface area contributed by atoms with Crippen molar-refractivity contribution < 1.29 is 14.3 Å². The molecular formula is C18H25N3O3S. The summed E-state index contributed by atoms with van der Waals surface area (Å²) in [5, 5.41) is 5.63. The number of hydrogen-bond donors (Lipinski definition) is 2. The van der Waals surface area contributed by atoms with Gasteiger partial charge in [-0.1, -0.05) is 30.3 Å². The van der Waals surface area contributed by atoms with E-state index in [1.807, 2.05) is 37.4 Å². The van der Waals surface area contributed by atoms with Crippen LogP contribution in [0.4, 0.5) is 4.79 Å². The summed E-state index contributed by atoms with van der Waals surface area (Å²) in [6, 6.07) is 8.63. The van der Waals surface area contributed by atoms with Crippen molar-refractivity contribution in [1.82, 2.24) is 15.5 Å². The van der Waals surface area contributed by atoms with Gasteiger partial charge in [-0.15, -0.1) is 0 Å². The summed E-state index contributed by atoms with van der Waals surface area (Å²) in [7, 11) is 1.97. The van der Waals surface area contributed by atoms with Crippen molar-refractivity contribution in [3.63, 3.8) is 0 Å². The van der Waals surface area contributed by atoms with Gasteiger partial charge < -0.3 is 15.4 Å². The van der Waals surface area contributed by atoms with Crippen LogP contribution in [0.1, 0.15) is 18.5 Å². The van der Waals surface area contributed by atoms with Crippen LogP contribution in [-0.2, 0) is 9.53 Å². The molecule has 0 aromatic heterocycles. The molecule has 2 rings (SSSR count). The van der Waals surface area contributed by atoms with Gasteiger partial charge in [-0.3, -0.25) is 4.90 Å². The average molecular weight is 363 g/mol. The number of carbonyl (C=O) groups is 2. The Hall–Kier alpha value is -1.99. The molecule has 0 saturated carbocycles. The first-order valence-electron chi connectivity index (χ1n) is 8.27. The highest BCUT2D eigenvalue weighted by atomic mass is 32.2. The third-order valence-corrected chi connectivity index (χ3v) is 4.48. The Morgan fingerprint density at radius 3 is 2.68 bits per heavy atom.